The highest BCUT2D eigenvalue weighted by Crippen LogP contribution is 2.18. The molecule has 0 unspecified atom stereocenters. The summed E-state index contributed by atoms with van der Waals surface area (Å²) in [5, 5.41) is 5.81. The molecule has 20 heavy (non-hydrogen) atoms. The van der Waals surface area contributed by atoms with Crippen molar-refractivity contribution in [3.05, 3.63) is 24.3 Å². The maximum absolute atomic E-state index is 11.0. The minimum absolute atomic E-state index is 0.106. The molecule has 4 N–H and O–H groups in total. The van der Waals surface area contributed by atoms with Crippen molar-refractivity contribution < 1.29 is 9.53 Å². The summed E-state index contributed by atoms with van der Waals surface area (Å²) in [6.45, 7) is 2.41. The van der Waals surface area contributed by atoms with Crippen LogP contribution in [0.4, 0.5) is 5.69 Å². The monoisotopic (exact) mass is 276 g/mol. The number of amides is 1. The Balaban J connectivity index is 1.74. The van der Waals surface area contributed by atoms with Crippen LogP contribution >= 0.6 is 0 Å². The Morgan fingerprint density at radius 3 is 3.00 bits per heavy atom. The molecule has 1 aromatic carbocycles. The Morgan fingerprint density at radius 2 is 2.30 bits per heavy atom. The van der Waals surface area contributed by atoms with Crippen molar-refractivity contribution in [2.45, 2.75) is 25.8 Å². The third kappa shape index (κ3) is 5.17. The highest BCUT2D eigenvalue weighted by atomic mass is 16.5. The molecule has 2 rings (SSSR count). The zero-order valence-corrected chi connectivity index (χ0v) is 11.6. The summed E-state index contributed by atoms with van der Waals surface area (Å²) in [7, 11) is 0. The lowest BCUT2D eigenvalue weighted by Crippen LogP contribution is -2.33. The molecule has 0 saturated heterocycles. The Bertz CT molecular complexity index is 498. The van der Waals surface area contributed by atoms with Crippen LogP contribution in [-0.2, 0) is 4.79 Å². The zero-order valence-electron chi connectivity index (χ0n) is 11.6. The molecule has 0 aliphatic heterocycles. The lowest BCUT2D eigenvalue weighted by Gasteiger charge is -2.08. The number of aliphatic imine (C=N–C) groups is 1. The standard InChI is InChI=1S/C14H20N4O2/c1-10(19)17-12-3-2-4-13(9-12)20-8-7-16-14(15)18-11-5-6-11/h2-4,9,11H,5-8H2,1H3,(H,17,19)(H3,15,16,18). The van der Waals surface area contributed by atoms with Crippen molar-refractivity contribution in [1.82, 2.24) is 5.32 Å². The second-order valence-corrected chi connectivity index (χ2v) is 4.74. The van der Waals surface area contributed by atoms with Gasteiger partial charge in [0.05, 0.1) is 6.54 Å². The molecule has 6 heteroatoms. The van der Waals surface area contributed by atoms with Crippen LogP contribution < -0.4 is 21.1 Å². The van der Waals surface area contributed by atoms with E-state index in [1.54, 1.807) is 6.07 Å². The van der Waals surface area contributed by atoms with E-state index in [4.69, 9.17) is 10.5 Å². The first-order valence-electron chi connectivity index (χ1n) is 6.70. The number of hydrogen-bond donors (Lipinski definition) is 3. The first kappa shape index (κ1) is 14.2. The summed E-state index contributed by atoms with van der Waals surface area (Å²) in [6, 6.07) is 7.75. The molecule has 0 radical (unpaired) electrons. The quantitative estimate of drug-likeness (QED) is 0.412. The fourth-order valence-electron chi connectivity index (χ4n) is 1.68. The number of guanidine groups is 1. The SMILES string of the molecule is CC(=O)Nc1cccc(OCCN=C(N)NC2CC2)c1. The van der Waals surface area contributed by atoms with Crippen molar-refractivity contribution in [3.63, 3.8) is 0 Å². The van der Waals surface area contributed by atoms with E-state index >= 15 is 0 Å². The van der Waals surface area contributed by atoms with Gasteiger partial charge in [0.15, 0.2) is 5.96 Å². The van der Waals surface area contributed by atoms with Crippen LogP contribution in [0.15, 0.2) is 29.3 Å². The van der Waals surface area contributed by atoms with Gasteiger partial charge >= 0.3 is 0 Å². The predicted octanol–water partition coefficient (Wildman–Crippen LogP) is 1.09. The molecular weight excluding hydrogens is 256 g/mol. The number of ether oxygens (including phenoxy) is 1. The Labute approximate surface area is 118 Å². The van der Waals surface area contributed by atoms with E-state index in [-0.39, 0.29) is 5.91 Å². The maximum Gasteiger partial charge on any atom is 0.221 e. The molecule has 1 aliphatic carbocycles. The molecule has 0 spiro atoms. The van der Waals surface area contributed by atoms with Crippen molar-refractivity contribution in [2.75, 3.05) is 18.5 Å². The number of rotatable bonds is 6. The minimum Gasteiger partial charge on any atom is -0.492 e. The van der Waals surface area contributed by atoms with E-state index in [1.165, 1.54) is 19.8 Å². The van der Waals surface area contributed by atoms with Crippen molar-refractivity contribution >= 4 is 17.6 Å². The first-order chi connectivity index (χ1) is 9.63. The largest absolute Gasteiger partial charge is 0.492 e. The van der Waals surface area contributed by atoms with Gasteiger partial charge in [0.1, 0.15) is 12.4 Å². The number of carbonyl (C=O) groups excluding carboxylic acids is 1. The van der Waals surface area contributed by atoms with E-state index in [0.717, 1.165) is 0 Å². The van der Waals surface area contributed by atoms with E-state index in [0.29, 0.717) is 36.6 Å². The molecule has 1 fully saturated rings. The molecule has 1 amide bonds. The fraction of sp³-hybridized carbons (Fsp3) is 0.429. The van der Waals surface area contributed by atoms with Gasteiger partial charge in [0.2, 0.25) is 5.91 Å². The van der Waals surface area contributed by atoms with E-state index < -0.39 is 0 Å². The van der Waals surface area contributed by atoms with Crippen molar-refractivity contribution in [1.29, 1.82) is 0 Å². The van der Waals surface area contributed by atoms with Gasteiger partial charge in [0.25, 0.3) is 0 Å². The number of nitrogens with two attached hydrogens (primary N) is 1. The molecule has 0 bridgehead atoms. The molecule has 108 valence electrons. The van der Waals surface area contributed by atoms with Gasteiger partial charge in [-0.2, -0.15) is 0 Å². The topological polar surface area (TPSA) is 88.7 Å². The van der Waals surface area contributed by atoms with E-state index in [9.17, 15) is 4.79 Å². The molecule has 1 aliphatic rings. The summed E-state index contributed by atoms with van der Waals surface area (Å²) in [4.78, 5) is 15.1. The summed E-state index contributed by atoms with van der Waals surface area (Å²) < 4.78 is 5.56. The van der Waals surface area contributed by atoms with Crippen LogP contribution in [-0.4, -0.2) is 31.1 Å². The van der Waals surface area contributed by atoms with E-state index in [2.05, 4.69) is 15.6 Å². The number of hydrogen-bond acceptors (Lipinski definition) is 3. The van der Waals surface area contributed by atoms with Gasteiger partial charge in [-0.05, 0) is 25.0 Å². The van der Waals surface area contributed by atoms with Crippen LogP contribution in [0.5, 0.6) is 5.75 Å². The third-order valence-electron chi connectivity index (χ3n) is 2.73. The predicted molar refractivity (Wildman–Crippen MR) is 78.9 cm³/mol. The smallest absolute Gasteiger partial charge is 0.221 e. The number of carbonyl (C=O) groups is 1. The first-order valence-corrected chi connectivity index (χ1v) is 6.70. The minimum atomic E-state index is -0.106. The number of nitrogens with one attached hydrogen (secondary N) is 2. The van der Waals surface area contributed by atoms with Crippen LogP contribution in [0.25, 0.3) is 0 Å². The summed E-state index contributed by atoms with van der Waals surface area (Å²) in [5.41, 5.74) is 6.42. The van der Waals surface area contributed by atoms with Gasteiger partial charge in [-0.25, -0.2) is 4.99 Å². The Hall–Kier alpha value is -2.24. The van der Waals surface area contributed by atoms with E-state index in [1.807, 2.05) is 18.2 Å². The maximum atomic E-state index is 11.0. The average molecular weight is 276 g/mol. The lowest BCUT2D eigenvalue weighted by atomic mass is 10.3. The summed E-state index contributed by atoms with van der Waals surface area (Å²) in [6.07, 6.45) is 2.34. The molecular formula is C14H20N4O2. The highest BCUT2D eigenvalue weighted by Gasteiger charge is 2.21. The third-order valence-corrected chi connectivity index (χ3v) is 2.73. The lowest BCUT2D eigenvalue weighted by molar-refractivity contribution is -0.114. The molecule has 1 aromatic rings. The van der Waals surface area contributed by atoms with Crippen LogP contribution in [0.2, 0.25) is 0 Å². The normalized spacial score (nSPS) is 14.8. The number of nitrogens with zero attached hydrogens (tertiary/aromatic N) is 1. The molecule has 6 nitrogen and oxygen atoms in total. The van der Waals surface area contributed by atoms with Crippen LogP contribution in [0, 0.1) is 0 Å². The number of anilines is 1. The van der Waals surface area contributed by atoms with Gasteiger partial charge in [0, 0.05) is 24.7 Å². The molecule has 1 saturated carbocycles. The second kappa shape index (κ2) is 6.79. The molecule has 0 atom stereocenters. The van der Waals surface area contributed by atoms with Crippen molar-refractivity contribution in [3.8, 4) is 5.75 Å². The molecule has 0 aromatic heterocycles. The fourth-order valence-corrected chi connectivity index (χ4v) is 1.68. The van der Waals surface area contributed by atoms with Crippen molar-refractivity contribution in [2.24, 2.45) is 10.7 Å². The van der Waals surface area contributed by atoms with Gasteiger partial charge in [-0.15, -0.1) is 0 Å². The highest BCUT2D eigenvalue weighted by molar-refractivity contribution is 5.88. The van der Waals surface area contributed by atoms with Gasteiger partial charge in [-0.3, -0.25) is 4.79 Å². The van der Waals surface area contributed by atoms with Gasteiger partial charge < -0.3 is 21.1 Å². The Morgan fingerprint density at radius 1 is 1.50 bits per heavy atom. The summed E-state index contributed by atoms with van der Waals surface area (Å²) >= 11 is 0. The average Bonchev–Trinajstić information content (AvgIpc) is 3.18. The number of benzene rings is 1. The molecule has 0 heterocycles. The Kier molecular flexibility index (Phi) is 4.81. The zero-order chi connectivity index (χ0) is 14.4. The summed E-state index contributed by atoms with van der Waals surface area (Å²) in [5.74, 6) is 1.06. The van der Waals surface area contributed by atoms with Gasteiger partial charge in [-0.1, -0.05) is 6.07 Å². The van der Waals surface area contributed by atoms with Crippen LogP contribution in [0.3, 0.4) is 0 Å². The van der Waals surface area contributed by atoms with Crippen LogP contribution in [0.1, 0.15) is 19.8 Å². The second-order valence-electron chi connectivity index (χ2n) is 4.74.